The van der Waals surface area contributed by atoms with E-state index in [1.54, 1.807) is 48.5 Å². The lowest BCUT2D eigenvalue weighted by Crippen LogP contribution is -2.42. The highest BCUT2D eigenvalue weighted by Crippen LogP contribution is 2.14. The first kappa shape index (κ1) is 19.9. The molecule has 29 heavy (non-hydrogen) atoms. The van der Waals surface area contributed by atoms with Gasteiger partial charge in [-0.2, -0.15) is 0 Å². The quantitative estimate of drug-likeness (QED) is 0.501. The van der Waals surface area contributed by atoms with Crippen LogP contribution in [-0.2, 0) is 11.3 Å². The van der Waals surface area contributed by atoms with E-state index in [0.717, 1.165) is 4.90 Å². The predicted octanol–water partition coefficient (Wildman–Crippen LogP) is 1.21. The molecule has 1 heterocycles. The summed E-state index contributed by atoms with van der Waals surface area (Å²) < 4.78 is 5.32. The number of urea groups is 1. The fraction of sp³-hybridized carbons (Fsp3) is 0.200. The number of benzene rings is 2. The average Bonchev–Trinajstić information content (AvgIpc) is 3.05. The lowest BCUT2D eigenvalue weighted by atomic mass is 10.1. The van der Waals surface area contributed by atoms with Gasteiger partial charge in [-0.15, -0.1) is 0 Å². The van der Waals surface area contributed by atoms with Gasteiger partial charge >= 0.3 is 6.03 Å². The number of hydrazine groups is 1. The second kappa shape index (κ2) is 8.87. The molecule has 5 amide bonds. The van der Waals surface area contributed by atoms with Crippen LogP contribution in [0, 0.1) is 0 Å². The van der Waals surface area contributed by atoms with Crippen molar-refractivity contribution in [2.45, 2.75) is 13.5 Å². The summed E-state index contributed by atoms with van der Waals surface area (Å²) in [6, 6.07) is 12.5. The number of amides is 5. The Hall–Kier alpha value is -3.88. The molecule has 9 heteroatoms. The third kappa shape index (κ3) is 4.70. The fourth-order valence-corrected chi connectivity index (χ4v) is 2.79. The van der Waals surface area contributed by atoms with Crippen molar-refractivity contribution in [3.8, 4) is 5.75 Å². The first-order valence-corrected chi connectivity index (χ1v) is 8.99. The van der Waals surface area contributed by atoms with Crippen LogP contribution in [0.15, 0.2) is 48.5 Å². The second-order valence-corrected chi connectivity index (χ2v) is 6.16. The molecule has 1 aliphatic rings. The van der Waals surface area contributed by atoms with E-state index in [1.165, 1.54) is 0 Å². The molecule has 0 unspecified atom stereocenters. The van der Waals surface area contributed by atoms with Gasteiger partial charge in [-0.1, -0.05) is 18.2 Å². The molecule has 0 bridgehead atoms. The summed E-state index contributed by atoms with van der Waals surface area (Å²) in [4.78, 5) is 49.3. The number of carbonyl (C=O) groups is 4. The zero-order valence-corrected chi connectivity index (χ0v) is 15.7. The minimum absolute atomic E-state index is 0.0406. The topological polar surface area (TPSA) is 117 Å². The normalized spacial score (nSPS) is 13.1. The maximum absolute atomic E-state index is 12.5. The van der Waals surface area contributed by atoms with Crippen molar-refractivity contribution in [3.05, 3.63) is 65.2 Å². The van der Waals surface area contributed by atoms with Gasteiger partial charge < -0.3 is 10.1 Å². The van der Waals surface area contributed by atoms with E-state index in [2.05, 4.69) is 16.2 Å². The Morgan fingerprint density at radius 3 is 2.38 bits per heavy atom. The van der Waals surface area contributed by atoms with Gasteiger partial charge in [0.2, 0.25) is 5.91 Å². The van der Waals surface area contributed by atoms with Gasteiger partial charge in [0.15, 0.2) is 0 Å². The largest absolute Gasteiger partial charge is 0.494 e. The summed E-state index contributed by atoms with van der Waals surface area (Å²) in [5.41, 5.74) is 5.77. The summed E-state index contributed by atoms with van der Waals surface area (Å²) in [5.74, 6) is -0.781. The van der Waals surface area contributed by atoms with E-state index in [9.17, 15) is 19.2 Å². The summed E-state index contributed by atoms with van der Waals surface area (Å²) in [6.45, 7) is 2.28. The third-order valence-corrected chi connectivity index (χ3v) is 4.24. The van der Waals surface area contributed by atoms with Crippen molar-refractivity contribution < 1.29 is 23.9 Å². The molecule has 1 aliphatic heterocycles. The molecular formula is C20H20N4O5. The molecule has 3 N–H and O–H groups in total. The smallest absolute Gasteiger partial charge is 0.324 e. The van der Waals surface area contributed by atoms with Crippen molar-refractivity contribution in [2.75, 3.05) is 13.2 Å². The molecule has 150 valence electrons. The number of rotatable bonds is 6. The number of imide groups is 1. The Morgan fingerprint density at radius 2 is 1.72 bits per heavy atom. The van der Waals surface area contributed by atoms with Crippen LogP contribution >= 0.6 is 0 Å². The summed E-state index contributed by atoms with van der Waals surface area (Å²) in [5, 5.41) is 2.43. The minimum atomic E-state index is -0.563. The van der Waals surface area contributed by atoms with Crippen LogP contribution in [0.5, 0.6) is 5.75 Å². The molecule has 0 spiro atoms. The van der Waals surface area contributed by atoms with Gasteiger partial charge in [0, 0.05) is 11.1 Å². The second-order valence-electron chi connectivity index (χ2n) is 6.16. The molecule has 0 atom stereocenters. The lowest BCUT2D eigenvalue weighted by Gasteiger charge is -2.15. The van der Waals surface area contributed by atoms with Crippen LogP contribution in [0.1, 0.15) is 33.2 Å². The van der Waals surface area contributed by atoms with E-state index in [-0.39, 0.29) is 24.6 Å². The maximum atomic E-state index is 12.5. The van der Waals surface area contributed by atoms with Crippen molar-refractivity contribution >= 4 is 23.8 Å². The molecule has 0 aromatic heterocycles. The van der Waals surface area contributed by atoms with Gasteiger partial charge in [-0.3, -0.25) is 30.1 Å². The Kier molecular flexibility index (Phi) is 6.08. The third-order valence-electron chi connectivity index (χ3n) is 4.24. The summed E-state index contributed by atoms with van der Waals surface area (Å²) >= 11 is 0. The molecule has 1 saturated heterocycles. The number of carbonyl (C=O) groups excluding carboxylic acids is 4. The monoisotopic (exact) mass is 396 g/mol. The van der Waals surface area contributed by atoms with Crippen LogP contribution in [-0.4, -0.2) is 41.8 Å². The van der Waals surface area contributed by atoms with Crippen LogP contribution < -0.4 is 20.9 Å². The Balaban J connectivity index is 1.64. The van der Waals surface area contributed by atoms with Crippen LogP contribution in [0.3, 0.4) is 0 Å². The van der Waals surface area contributed by atoms with Crippen molar-refractivity contribution in [1.82, 2.24) is 21.1 Å². The van der Waals surface area contributed by atoms with E-state index >= 15 is 0 Å². The summed E-state index contributed by atoms with van der Waals surface area (Å²) in [6.07, 6.45) is 0. The lowest BCUT2D eigenvalue weighted by molar-refractivity contribution is -0.125. The molecule has 2 aromatic rings. The number of nitrogens with zero attached hydrogens (tertiary/aromatic N) is 1. The molecule has 0 aliphatic carbocycles. The van der Waals surface area contributed by atoms with Crippen molar-refractivity contribution in [3.63, 3.8) is 0 Å². The van der Waals surface area contributed by atoms with Gasteiger partial charge in [0.25, 0.3) is 11.8 Å². The number of nitrogens with one attached hydrogen (secondary N) is 3. The van der Waals surface area contributed by atoms with E-state index in [0.29, 0.717) is 23.5 Å². The van der Waals surface area contributed by atoms with E-state index in [1.807, 2.05) is 6.92 Å². The van der Waals surface area contributed by atoms with Crippen molar-refractivity contribution in [1.29, 1.82) is 0 Å². The first-order valence-electron chi connectivity index (χ1n) is 8.99. The predicted molar refractivity (Wildman–Crippen MR) is 103 cm³/mol. The number of hydrogen-bond donors (Lipinski definition) is 3. The Labute approximate surface area is 167 Å². The highest BCUT2D eigenvalue weighted by Gasteiger charge is 2.29. The molecule has 1 fully saturated rings. The summed E-state index contributed by atoms with van der Waals surface area (Å²) in [7, 11) is 0. The average molecular weight is 396 g/mol. The van der Waals surface area contributed by atoms with Crippen LogP contribution in [0.25, 0.3) is 0 Å². The van der Waals surface area contributed by atoms with Crippen molar-refractivity contribution in [2.24, 2.45) is 0 Å². The van der Waals surface area contributed by atoms with E-state index < -0.39 is 17.8 Å². The number of ether oxygens (including phenoxy) is 1. The van der Waals surface area contributed by atoms with Crippen LogP contribution in [0.2, 0.25) is 0 Å². The minimum Gasteiger partial charge on any atom is -0.494 e. The van der Waals surface area contributed by atoms with Gasteiger partial charge in [-0.25, -0.2) is 4.79 Å². The maximum Gasteiger partial charge on any atom is 0.324 e. The zero-order valence-electron chi connectivity index (χ0n) is 15.7. The van der Waals surface area contributed by atoms with Gasteiger partial charge in [-0.05, 0) is 42.8 Å². The van der Waals surface area contributed by atoms with Gasteiger partial charge in [0.1, 0.15) is 5.75 Å². The Morgan fingerprint density at radius 1 is 1.03 bits per heavy atom. The molecule has 0 radical (unpaired) electrons. The van der Waals surface area contributed by atoms with Gasteiger partial charge in [0.05, 0.1) is 19.7 Å². The molecular weight excluding hydrogens is 376 g/mol. The van der Waals surface area contributed by atoms with E-state index in [4.69, 9.17) is 4.74 Å². The highest BCUT2D eigenvalue weighted by atomic mass is 16.5. The first-order chi connectivity index (χ1) is 14.0. The number of hydrogen-bond acceptors (Lipinski definition) is 5. The fourth-order valence-electron chi connectivity index (χ4n) is 2.79. The van der Waals surface area contributed by atoms with Crippen LogP contribution in [0.4, 0.5) is 4.79 Å². The Bertz CT molecular complexity index is 926. The SMILES string of the molecule is CCOc1ccc(C(=O)NNC(=O)c2ccccc2CN2C(=O)CNC2=O)cc1. The molecule has 3 rings (SSSR count). The molecule has 2 aromatic carbocycles. The molecule has 9 nitrogen and oxygen atoms in total. The standard InChI is InChI=1S/C20H20N4O5/c1-2-29-15-9-7-13(8-10-15)18(26)22-23-19(27)16-6-4-3-5-14(16)12-24-17(25)11-21-20(24)28/h3-10H,2,11-12H2,1H3,(H,21,28)(H,22,26)(H,23,27). The highest BCUT2D eigenvalue weighted by molar-refractivity contribution is 6.03. The zero-order chi connectivity index (χ0) is 20.8. The molecule has 0 saturated carbocycles.